The molecule has 0 aromatic rings. The summed E-state index contributed by atoms with van der Waals surface area (Å²) >= 11 is -1.31. The van der Waals surface area contributed by atoms with Gasteiger partial charge in [-0.3, -0.25) is 0 Å². The van der Waals surface area contributed by atoms with E-state index in [1.807, 2.05) is 0 Å². The van der Waals surface area contributed by atoms with Crippen LogP contribution in [-0.4, -0.2) is 69.5 Å². The molecule has 132 valence electrons. The fourth-order valence-electron chi connectivity index (χ4n) is 3.49. The van der Waals surface area contributed by atoms with Crippen molar-refractivity contribution in [2.45, 2.75) is 92.3 Å². The molecule has 0 saturated heterocycles. The van der Waals surface area contributed by atoms with Gasteiger partial charge in [0.25, 0.3) is 0 Å². The molecule has 0 aliphatic heterocycles. The number of hydrogen-bond acceptors (Lipinski definition) is 2. The molecule has 3 heteroatoms. The van der Waals surface area contributed by atoms with E-state index in [4.69, 9.17) is 0 Å². The first-order chi connectivity index (χ1) is 10.3. The van der Waals surface area contributed by atoms with Gasteiger partial charge in [-0.1, -0.05) is 0 Å². The summed E-state index contributed by atoms with van der Waals surface area (Å²) in [7, 11) is 0. The molecule has 0 N–H and O–H groups in total. The van der Waals surface area contributed by atoms with Crippen molar-refractivity contribution in [2.24, 2.45) is 0 Å². The van der Waals surface area contributed by atoms with Gasteiger partial charge < -0.3 is 0 Å². The van der Waals surface area contributed by atoms with Gasteiger partial charge in [-0.15, -0.1) is 0 Å². The van der Waals surface area contributed by atoms with Crippen LogP contribution in [0.2, 0.25) is 12.0 Å². The zero-order valence-electron chi connectivity index (χ0n) is 16.9. The molecule has 0 amide bonds. The van der Waals surface area contributed by atoms with Gasteiger partial charge in [-0.2, -0.15) is 0 Å². The van der Waals surface area contributed by atoms with Gasteiger partial charge in [0.2, 0.25) is 0 Å². The normalized spacial score (nSPS) is 12.4. The molecule has 0 unspecified atom stereocenters. The Morgan fingerprint density at radius 2 is 1.05 bits per heavy atom. The molecular weight excluding hydrogens is 371 g/mol. The number of nitrogens with zero attached hydrogens (tertiary/aromatic N) is 2. The Bertz CT molecular complexity index is 232. The van der Waals surface area contributed by atoms with Crippen LogP contribution < -0.4 is 0 Å². The van der Waals surface area contributed by atoms with Crippen LogP contribution in [-0.2, 0) is 0 Å². The molecule has 0 rings (SSSR count). The van der Waals surface area contributed by atoms with E-state index in [1.165, 1.54) is 39.0 Å². The minimum atomic E-state index is -1.31. The third-order valence-corrected chi connectivity index (χ3v) is 17.2. The van der Waals surface area contributed by atoms with Crippen molar-refractivity contribution < 1.29 is 0 Å². The van der Waals surface area contributed by atoms with Crippen molar-refractivity contribution in [3.63, 3.8) is 0 Å². The topological polar surface area (TPSA) is 6.48 Å². The SMILES string of the molecule is CCN(CC[CH2][In]([CH2]CCN(CC)C(C)C)[CH](C)C)C(C)C. The van der Waals surface area contributed by atoms with Crippen LogP contribution in [0.5, 0.6) is 0 Å². The Hall–Kier alpha value is 0.790. The van der Waals surface area contributed by atoms with Crippen LogP contribution >= 0.6 is 0 Å². The van der Waals surface area contributed by atoms with Gasteiger partial charge in [0.05, 0.1) is 0 Å². The van der Waals surface area contributed by atoms with Crippen LogP contribution in [0.25, 0.3) is 0 Å². The first kappa shape index (κ1) is 22.8. The predicted octanol–water partition coefficient (Wildman–Crippen LogP) is 5.13. The molecule has 0 saturated carbocycles. The van der Waals surface area contributed by atoms with Gasteiger partial charge in [0.15, 0.2) is 0 Å². The van der Waals surface area contributed by atoms with Gasteiger partial charge >= 0.3 is 150 Å². The molecule has 0 fully saturated rings. The van der Waals surface area contributed by atoms with Crippen molar-refractivity contribution in [2.75, 3.05) is 26.2 Å². The van der Waals surface area contributed by atoms with Crippen molar-refractivity contribution in [1.82, 2.24) is 9.80 Å². The molecule has 0 aromatic carbocycles. The maximum atomic E-state index is 2.63. The van der Waals surface area contributed by atoms with E-state index in [2.05, 4.69) is 65.2 Å². The van der Waals surface area contributed by atoms with E-state index in [-0.39, 0.29) is 0 Å². The van der Waals surface area contributed by atoms with Crippen LogP contribution in [0.1, 0.15) is 68.2 Å². The van der Waals surface area contributed by atoms with Crippen molar-refractivity contribution in [1.29, 1.82) is 0 Å². The Kier molecular flexibility index (Phi) is 13.6. The van der Waals surface area contributed by atoms with Gasteiger partial charge in [-0.05, 0) is 0 Å². The summed E-state index contributed by atoms with van der Waals surface area (Å²) in [6, 6.07) is 1.42. The summed E-state index contributed by atoms with van der Waals surface area (Å²) in [4.78, 5) is 5.25. The number of rotatable bonds is 13. The third-order valence-electron chi connectivity index (χ3n) is 5.26. The van der Waals surface area contributed by atoms with Crippen LogP contribution in [0.3, 0.4) is 0 Å². The summed E-state index contributed by atoms with van der Waals surface area (Å²) in [6.45, 7) is 24.0. The molecule has 0 aliphatic rings. The second-order valence-corrected chi connectivity index (χ2v) is 19.2. The number of hydrogen-bond donors (Lipinski definition) is 0. The van der Waals surface area contributed by atoms with Crippen molar-refractivity contribution in [3.05, 3.63) is 0 Å². The van der Waals surface area contributed by atoms with Crippen LogP contribution in [0, 0.1) is 0 Å². The third kappa shape index (κ3) is 9.82. The molecule has 0 heterocycles. The van der Waals surface area contributed by atoms with Gasteiger partial charge in [0.1, 0.15) is 0 Å². The van der Waals surface area contributed by atoms with Gasteiger partial charge in [-0.25, -0.2) is 0 Å². The fraction of sp³-hybridized carbons (Fsp3) is 1.00. The fourth-order valence-corrected chi connectivity index (χ4v) is 12.2. The first-order valence-corrected chi connectivity index (χ1v) is 16.4. The van der Waals surface area contributed by atoms with Crippen LogP contribution in [0.15, 0.2) is 0 Å². The zero-order chi connectivity index (χ0) is 17.1. The Morgan fingerprint density at radius 1 is 0.682 bits per heavy atom. The molecular formula is C19H43InN2. The van der Waals surface area contributed by atoms with E-state index in [9.17, 15) is 0 Å². The van der Waals surface area contributed by atoms with Crippen molar-refractivity contribution in [3.8, 4) is 0 Å². The molecule has 2 nitrogen and oxygen atoms in total. The monoisotopic (exact) mass is 414 g/mol. The van der Waals surface area contributed by atoms with E-state index in [0.717, 1.165) is 3.67 Å². The first-order valence-electron chi connectivity index (χ1n) is 9.81. The van der Waals surface area contributed by atoms with E-state index in [0.29, 0.717) is 12.1 Å². The summed E-state index contributed by atoms with van der Waals surface area (Å²) < 4.78 is 4.25. The second-order valence-electron chi connectivity index (χ2n) is 7.73. The predicted molar refractivity (Wildman–Crippen MR) is 104 cm³/mol. The molecule has 0 spiro atoms. The van der Waals surface area contributed by atoms with Crippen LogP contribution in [0.4, 0.5) is 0 Å². The summed E-state index contributed by atoms with van der Waals surface area (Å²) in [5, 5.41) is 0. The quantitative estimate of drug-likeness (QED) is 0.412. The van der Waals surface area contributed by atoms with Crippen molar-refractivity contribution >= 4 is 21.4 Å². The molecule has 0 bridgehead atoms. The molecule has 22 heavy (non-hydrogen) atoms. The van der Waals surface area contributed by atoms with E-state index >= 15 is 0 Å². The Labute approximate surface area is 149 Å². The Morgan fingerprint density at radius 3 is 1.27 bits per heavy atom. The summed E-state index contributed by atoms with van der Waals surface area (Å²) in [6.07, 6.45) is 2.90. The average molecular weight is 414 g/mol. The Balaban J connectivity index is 4.11. The summed E-state index contributed by atoms with van der Waals surface area (Å²) in [5.41, 5.74) is 0. The summed E-state index contributed by atoms with van der Waals surface area (Å²) in [5.74, 6) is 0. The molecule has 0 aliphatic carbocycles. The maximum absolute atomic E-state index is 2.63. The molecule has 0 radical (unpaired) electrons. The van der Waals surface area contributed by atoms with E-state index < -0.39 is 21.4 Å². The average Bonchev–Trinajstić information content (AvgIpc) is 2.44. The second kappa shape index (κ2) is 13.1. The van der Waals surface area contributed by atoms with Gasteiger partial charge in [0, 0.05) is 0 Å². The molecule has 0 aromatic heterocycles. The minimum absolute atomic E-state index is 0.710. The standard InChI is InChI=1S/2C8H18N.C3H7.In/c2*1-5-7-9(6-2)8(3)4;1-3-2;/h2*8H,1,5-7H2,2-4H3;3H,1-2H3;. The molecule has 0 atom stereocenters. The zero-order valence-corrected chi connectivity index (χ0v) is 20.2. The van der Waals surface area contributed by atoms with E-state index in [1.54, 1.807) is 8.35 Å².